The van der Waals surface area contributed by atoms with Crippen LogP contribution in [0.3, 0.4) is 0 Å². The molecule has 1 aromatic rings. The molecular weight excluding hydrogens is 286 g/mol. The molecule has 0 amide bonds. The maximum absolute atomic E-state index is 6.31. The van der Waals surface area contributed by atoms with Crippen molar-refractivity contribution in [1.82, 2.24) is 0 Å². The van der Waals surface area contributed by atoms with Crippen LogP contribution in [0, 0.1) is 0 Å². The lowest BCUT2D eigenvalue weighted by atomic mass is 10.1. The van der Waals surface area contributed by atoms with Gasteiger partial charge in [0.1, 0.15) is 0 Å². The van der Waals surface area contributed by atoms with E-state index in [-0.39, 0.29) is 0 Å². The van der Waals surface area contributed by atoms with Gasteiger partial charge >= 0.3 is 0 Å². The molecule has 0 aromatic heterocycles. The van der Waals surface area contributed by atoms with Gasteiger partial charge in [0.15, 0.2) is 0 Å². The zero-order chi connectivity index (χ0) is 12.0. The Balaban J connectivity index is 3.05. The number of rotatable bonds is 6. The highest BCUT2D eigenvalue weighted by atomic mass is 79.9. The molecule has 3 heteroatoms. The van der Waals surface area contributed by atoms with Crippen molar-refractivity contribution >= 4 is 33.2 Å². The summed E-state index contributed by atoms with van der Waals surface area (Å²) in [6.45, 7) is 6.54. The molecule has 0 bridgehead atoms. The van der Waals surface area contributed by atoms with Crippen LogP contribution < -0.4 is 4.90 Å². The fourth-order valence-electron chi connectivity index (χ4n) is 1.90. The molecule has 0 aliphatic heterocycles. The summed E-state index contributed by atoms with van der Waals surface area (Å²) in [4.78, 5) is 2.39. The lowest BCUT2D eigenvalue weighted by Crippen LogP contribution is -2.26. The number of anilines is 1. The van der Waals surface area contributed by atoms with Gasteiger partial charge in [-0.2, -0.15) is 0 Å². The van der Waals surface area contributed by atoms with E-state index in [0.29, 0.717) is 0 Å². The molecule has 0 saturated heterocycles. The van der Waals surface area contributed by atoms with E-state index in [0.717, 1.165) is 36.3 Å². The van der Waals surface area contributed by atoms with Crippen molar-refractivity contribution in [3.8, 4) is 0 Å². The standard InChI is InChI=1S/C13H19BrClN/c1-3-8-16(9-4-2)13-11(10-14)6-5-7-12(13)15/h5-7H,3-4,8-10H2,1-2H3. The van der Waals surface area contributed by atoms with E-state index in [1.54, 1.807) is 0 Å². The number of benzene rings is 1. The van der Waals surface area contributed by atoms with Crippen LogP contribution in [-0.2, 0) is 5.33 Å². The van der Waals surface area contributed by atoms with Crippen molar-refractivity contribution in [3.05, 3.63) is 28.8 Å². The van der Waals surface area contributed by atoms with E-state index in [1.807, 2.05) is 12.1 Å². The molecule has 1 aromatic carbocycles. The van der Waals surface area contributed by atoms with E-state index in [9.17, 15) is 0 Å². The molecule has 16 heavy (non-hydrogen) atoms. The molecule has 0 aliphatic carbocycles. The fraction of sp³-hybridized carbons (Fsp3) is 0.538. The van der Waals surface area contributed by atoms with Gasteiger partial charge in [-0.15, -0.1) is 0 Å². The Morgan fingerprint density at radius 1 is 1.19 bits per heavy atom. The molecule has 0 N–H and O–H groups in total. The first kappa shape index (κ1) is 13.9. The van der Waals surface area contributed by atoms with E-state index in [4.69, 9.17) is 11.6 Å². The summed E-state index contributed by atoms with van der Waals surface area (Å²) < 4.78 is 0. The quantitative estimate of drug-likeness (QED) is 0.678. The maximum Gasteiger partial charge on any atom is 0.0642 e. The second-order valence-electron chi connectivity index (χ2n) is 3.87. The summed E-state index contributed by atoms with van der Waals surface area (Å²) in [6, 6.07) is 6.12. The minimum absolute atomic E-state index is 0.854. The van der Waals surface area contributed by atoms with E-state index in [1.165, 1.54) is 11.3 Å². The summed E-state index contributed by atoms with van der Waals surface area (Å²) in [7, 11) is 0. The van der Waals surface area contributed by atoms with Gasteiger partial charge in [0.25, 0.3) is 0 Å². The summed E-state index contributed by atoms with van der Waals surface area (Å²) in [5.74, 6) is 0. The van der Waals surface area contributed by atoms with Gasteiger partial charge in [0.05, 0.1) is 10.7 Å². The molecule has 0 unspecified atom stereocenters. The van der Waals surface area contributed by atoms with Gasteiger partial charge in [-0.25, -0.2) is 0 Å². The summed E-state index contributed by atoms with van der Waals surface area (Å²) in [5.41, 5.74) is 2.47. The predicted molar refractivity (Wildman–Crippen MR) is 76.9 cm³/mol. The lowest BCUT2D eigenvalue weighted by Gasteiger charge is -2.27. The van der Waals surface area contributed by atoms with Gasteiger partial charge in [0.2, 0.25) is 0 Å². The average molecular weight is 305 g/mol. The number of hydrogen-bond acceptors (Lipinski definition) is 1. The molecule has 1 rings (SSSR count). The van der Waals surface area contributed by atoms with Crippen molar-refractivity contribution in [2.75, 3.05) is 18.0 Å². The van der Waals surface area contributed by atoms with Gasteiger partial charge in [-0.3, -0.25) is 0 Å². The second kappa shape index (κ2) is 7.18. The number of hydrogen-bond donors (Lipinski definition) is 0. The van der Waals surface area contributed by atoms with Crippen LogP contribution in [0.1, 0.15) is 32.3 Å². The monoisotopic (exact) mass is 303 g/mol. The highest BCUT2D eigenvalue weighted by Crippen LogP contribution is 2.31. The largest absolute Gasteiger partial charge is 0.370 e. The number of halogens is 2. The van der Waals surface area contributed by atoms with Crippen LogP contribution >= 0.6 is 27.5 Å². The van der Waals surface area contributed by atoms with Crippen LogP contribution in [-0.4, -0.2) is 13.1 Å². The van der Waals surface area contributed by atoms with Crippen molar-refractivity contribution in [2.24, 2.45) is 0 Å². The molecule has 0 aliphatic rings. The first-order valence-corrected chi connectivity index (χ1v) is 7.32. The highest BCUT2D eigenvalue weighted by molar-refractivity contribution is 9.08. The Morgan fingerprint density at radius 2 is 1.81 bits per heavy atom. The van der Waals surface area contributed by atoms with Crippen LogP contribution in [0.15, 0.2) is 18.2 Å². The Kier molecular flexibility index (Phi) is 6.22. The van der Waals surface area contributed by atoms with Crippen molar-refractivity contribution in [3.63, 3.8) is 0 Å². The van der Waals surface area contributed by atoms with Crippen LogP contribution in [0.2, 0.25) is 5.02 Å². The Bertz CT molecular complexity index is 322. The average Bonchev–Trinajstić information content (AvgIpc) is 2.28. The van der Waals surface area contributed by atoms with Crippen LogP contribution in [0.5, 0.6) is 0 Å². The minimum atomic E-state index is 0.854. The Morgan fingerprint density at radius 3 is 2.31 bits per heavy atom. The molecule has 1 nitrogen and oxygen atoms in total. The van der Waals surface area contributed by atoms with Gasteiger partial charge in [-0.1, -0.05) is 53.5 Å². The third-order valence-electron chi connectivity index (χ3n) is 2.52. The third-order valence-corrected chi connectivity index (χ3v) is 3.43. The molecule has 0 fully saturated rings. The van der Waals surface area contributed by atoms with E-state index in [2.05, 4.69) is 40.7 Å². The number of alkyl halides is 1. The first-order valence-electron chi connectivity index (χ1n) is 5.82. The van der Waals surface area contributed by atoms with Crippen molar-refractivity contribution in [1.29, 1.82) is 0 Å². The number of nitrogens with zero attached hydrogens (tertiary/aromatic N) is 1. The molecule has 0 heterocycles. The zero-order valence-electron chi connectivity index (χ0n) is 9.97. The highest BCUT2D eigenvalue weighted by Gasteiger charge is 2.12. The normalized spacial score (nSPS) is 10.5. The van der Waals surface area contributed by atoms with Gasteiger partial charge in [0, 0.05) is 18.4 Å². The lowest BCUT2D eigenvalue weighted by molar-refractivity contribution is 0.742. The molecule has 90 valence electrons. The van der Waals surface area contributed by atoms with Crippen molar-refractivity contribution in [2.45, 2.75) is 32.0 Å². The predicted octanol–water partition coefficient (Wildman–Crippen LogP) is 4.86. The summed E-state index contributed by atoms with van der Waals surface area (Å²) in [6.07, 6.45) is 2.29. The second-order valence-corrected chi connectivity index (χ2v) is 4.84. The SMILES string of the molecule is CCCN(CCC)c1c(Cl)cccc1CBr. The van der Waals surface area contributed by atoms with Gasteiger partial charge in [-0.05, 0) is 24.5 Å². The topological polar surface area (TPSA) is 3.24 Å². The molecule has 0 spiro atoms. The fourth-order valence-corrected chi connectivity index (χ4v) is 2.66. The first-order chi connectivity index (χ1) is 7.74. The van der Waals surface area contributed by atoms with Crippen molar-refractivity contribution < 1.29 is 0 Å². The van der Waals surface area contributed by atoms with Crippen LogP contribution in [0.4, 0.5) is 5.69 Å². The summed E-state index contributed by atoms with van der Waals surface area (Å²) >= 11 is 9.84. The third kappa shape index (κ3) is 3.39. The maximum atomic E-state index is 6.31. The van der Waals surface area contributed by atoms with Crippen LogP contribution in [0.25, 0.3) is 0 Å². The molecule has 0 saturated carbocycles. The van der Waals surface area contributed by atoms with E-state index < -0.39 is 0 Å². The Hall–Kier alpha value is -0.210. The molecular formula is C13H19BrClN. The van der Waals surface area contributed by atoms with Gasteiger partial charge < -0.3 is 4.90 Å². The molecule has 0 atom stereocenters. The minimum Gasteiger partial charge on any atom is -0.370 e. The smallest absolute Gasteiger partial charge is 0.0642 e. The molecule has 0 radical (unpaired) electrons. The number of para-hydroxylation sites is 1. The zero-order valence-corrected chi connectivity index (χ0v) is 12.3. The Labute approximate surface area is 112 Å². The van der Waals surface area contributed by atoms with E-state index >= 15 is 0 Å². The summed E-state index contributed by atoms with van der Waals surface area (Å²) in [5, 5.41) is 1.71.